The van der Waals surface area contributed by atoms with E-state index in [1.54, 1.807) is 13.0 Å². The van der Waals surface area contributed by atoms with Crippen LogP contribution in [0.5, 0.6) is 5.88 Å². The first kappa shape index (κ1) is 6.86. The summed E-state index contributed by atoms with van der Waals surface area (Å²) in [7, 11) is 1.52. The molecule has 0 unspecified atom stereocenters. The zero-order chi connectivity index (χ0) is 7.72. The summed E-state index contributed by atoms with van der Waals surface area (Å²) >= 11 is 0. The summed E-state index contributed by atoms with van der Waals surface area (Å²) in [5, 5.41) is 9.04. The molecule has 0 saturated heterocycles. The van der Waals surface area contributed by atoms with Crippen LogP contribution >= 0.6 is 0 Å². The quantitative estimate of drug-likeness (QED) is 0.565. The standard InChI is InChI=1S/C7H9NO2/c1-5-3-6(9)8(2)7(10)4-5/h3-4,9H,1-2H3. The predicted octanol–water partition coefficient (Wildman–Crippen LogP) is 0.399. The van der Waals surface area contributed by atoms with Gasteiger partial charge in [0.15, 0.2) is 5.88 Å². The Labute approximate surface area is 58.5 Å². The molecule has 0 bridgehead atoms. The van der Waals surface area contributed by atoms with Crippen LogP contribution < -0.4 is 5.56 Å². The van der Waals surface area contributed by atoms with Crippen LogP contribution in [0.1, 0.15) is 5.56 Å². The maximum Gasteiger partial charge on any atom is 0.253 e. The minimum atomic E-state index is -0.183. The summed E-state index contributed by atoms with van der Waals surface area (Å²) in [5.74, 6) is 0.00463. The molecule has 1 heterocycles. The second-order valence-electron chi connectivity index (χ2n) is 2.29. The van der Waals surface area contributed by atoms with Crippen LogP contribution in [-0.4, -0.2) is 9.67 Å². The molecule has 0 fully saturated rings. The maximum atomic E-state index is 10.9. The summed E-state index contributed by atoms with van der Waals surface area (Å²) in [6, 6.07) is 3.02. The first-order valence-electron chi connectivity index (χ1n) is 2.98. The fraction of sp³-hybridized carbons (Fsp3) is 0.286. The summed E-state index contributed by atoms with van der Waals surface area (Å²) in [4.78, 5) is 10.9. The summed E-state index contributed by atoms with van der Waals surface area (Å²) in [6.45, 7) is 1.76. The van der Waals surface area contributed by atoms with Crippen molar-refractivity contribution in [3.63, 3.8) is 0 Å². The van der Waals surface area contributed by atoms with Crippen molar-refractivity contribution in [2.24, 2.45) is 7.05 Å². The highest BCUT2D eigenvalue weighted by Crippen LogP contribution is 2.04. The van der Waals surface area contributed by atoms with Gasteiger partial charge in [0, 0.05) is 19.2 Å². The fourth-order valence-electron chi connectivity index (χ4n) is 0.747. The molecule has 0 amide bonds. The van der Waals surface area contributed by atoms with Gasteiger partial charge in [-0.2, -0.15) is 0 Å². The molecule has 0 saturated carbocycles. The lowest BCUT2D eigenvalue weighted by atomic mass is 10.3. The molecule has 0 aliphatic carbocycles. The van der Waals surface area contributed by atoms with Gasteiger partial charge < -0.3 is 5.11 Å². The SMILES string of the molecule is Cc1cc(O)n(C)c(=O)c1. The van der Waals surface area contributed by atoms with E-state index in [9.17, 15) is 4.79 Å². The van der Waals surface area contributed by atoms with E-state index in [1.807, 2.05) is 0 Å². The molecule has 3 nitrogen and oxygen atoms in total. The first-order chi connectivity index (χ1) is 4.61. The Morgan fingerprint density at radius 2 is 2.10 bits per heavy atom. The zero-order valence-electron chi connectivity index (χ0n) is 5.96. The number of aromatic nitrogens is 1. The minimum Gasteiger partial charge on any atom is -0.494 e. The molecule has 10 heavy (non-hydrogen) atoms. The van der Waals surface area contributed by atoms with Crippen molar-refractivity contribution >= 4 is 0 Å². The van der Waals surface area contributed by atoms with Crippen molar-refractivity contribution in [1.29, 1.82) is 0 Å². The Morgan fingerprint density at radius 1 is 1.50 bits per heavy atom. The smallest absolute Gasteiger partial charge is 0.253 e. The molecule has 0 spiro atoms. The van der Waals surface area contributed by atoms with Crippen molar-refractivity contribution in [3.05, 3.63) is 28.0 Å². The molecule has 1 rings (SSSR count). The van der Waals surface area contributed by atoms with Crippen molar-refractivity contribution in [2.45, 2.75) is 6.92 Å². The van der Waals surface area contributed by atoms with Crippen molar-refractivity contribution < 1.29 is 5.11 Å². The number of aromatic hydroxyl groups is 1. The van der Waals surface area contributed by atoms with Crippen LogP contribution in [0.15, 0.2) is 16.9 Å². The molecule has 1 aromatic heterocycles. The van der Waals surface area contributed by atoms with Gasteiger partial charge in [-0.25, -0.2) is 0 Å². The van der Waals surface area contributed by atoms with Crippen LogP contribution in [0.4, 0.5) is 0 Å². The van der Waals surface area contributed by atoms with Gasteiger partial charge >= 0.3 is 0 Å². The van der Waals surface area contributed by atoms with Gasteiger partial charge in [-0.1, -0.05) is 0 Å². The topological polar surface area (TPSA) is 42.2 Å². The Bertz CT molecular complexity index is 301. The number of hydrogen-bond acceptors (Lipinski definition) is 2. The zero-order valence-corrected chi connectivity index (χ0v) is 5.96. The largest absolute Gasteiger partial charge is 0.494 e. The number of hydrogen-bond donors (Lipinski definition) is 1. The van der Waals surface area contributed by atoms with Crippen LogP contribution in [0.2, 0.25) is 0 Å². The van der Waals surface area contributed by atoms with Crippen LogP contribution in [0.25, 0.3) is 0 Å². The molecule has 0 radical (unpaired) electrons. The molecule has 3 heteroatoms. The van der Waals surface area contributed by atoms with Gasteiger partial charge in [-0.3, -0.25) is 9.36 Å². The lowest BCUT2D eigenvalue weighted by Crippen LogP contribution is -2.14. The molecule has 54 valence electrons. The molecule has 0 atom stereocenters. The summed E-state index contributed by atoms with van der Waals surface area (Å²) in [5.41, 5.74) is 0.595. The molecule has 1 aromatic rings. The average Bonchev–Trinajstić information content (AvgIpc) is 1.82. The molecule has 0 aliphatic heterocycles. The van der Waals surface area contributed by atoms with Crippen molar-refractivity contribution in [3.8, 4) is 5.88 Å². The van der Waals surface area contributed by atoms with Crippen molar-refractivity contribution in [2.75, 3.05) is 0 Å². The highest BCUT2D eigenvalue weighted by atomic mass is 16.3. The third kappa shape index (κ3) is 1.03. The lowest BCUT2D eigenvalue weighted by molar-refractivity contribution is 0.422. The van der Waals surface area contributed by atoms with Crippen LogP contribution in [0.3, 0.4) is 0 Å². The number of rotatable bonds is 0. The summed E-state index contributed by atoms with van der Waals surface area (Å²) in [6.07, 6.45) is 0. The fourth-order valence-corrected chi connectivity index (χ4v) is 0.747. The average molecular weight is 139 g/mol. The van der Waals surface area contributed by atoms with E-state index in [1.165, 1.54) is 17.7 Å². The van der Waals surface area contributed by atoms with E-state index in [-0.39, 0.29) is 11.4 Å². The van der Waals surface area contributed by atoms with E-state index in [0.29, 0.717) is 0 Å². The Balaban J connectivity index is 3.46. The second-order valence-corrected chi connectivity index (χ2v) is 2.29. The lowest BCUT2D eigenvalue weighted by Gasteiger charge is -2.00. The highest BCUT2D eigenvalue weighted by molar-refractivity contribution is 5.18. The van der Waals surface area contributed by atoms with E-state index in [0.717, 1.165) is 5.56 Å². The Kier molecular flexibility index (Phi) is 1.49. The van der Waals surface area contributed by atoms with Gasteiger partial charge in [-0.05, 0) is 12.5 Å². The minimum absolute atomic E-state index is 0.00463. The molecular formula is C7H9NO2. The monoisotopic (exact) mass is 139 g/mol. The number of nitrogens with zero attached hydrogens (tertiary/aromatic N) is 1. The Morgan fingerprint density at radius 3 is 2.60 bits per heavy atom. The second kappa shape index (κ2) is 2.17. The van der Waals surface area contributed by atoms with Gasteiger partial charge in [0.1, 0.15) is 0 Å². The molecule has 0 aromatic carbocycles. The molecular weight excluding hydrogens is 130 g/mol. The third-order valence-corrected chi connectivity index (χ3v) is 1.38. The van der Waals surface area contributed by atoms with Crippen LogP contribution in [0, 0.1) is 6.92 Å². The van der Waals surface area contributed by atoms with Crippen LogP contribution in [-0.2, 0) is 7.05 Å². The van der Waals surface area contributed by atoms with Gasteiger partial charge in [-0.15, -0.1) is 0 Å². The predicted molar refractivity (Wildman–Crippen MR) is 38.1 cm³/mol. The van der Waals surface area contributed by atoms with Gasteiger partial charge in [0.25, 0.3) is 5.56 Å². The normalized spacial score (nSPS) is 9.80. The first-order valence-corrected chi connectivity index (χ1v) is 2.98. The number of aryl methyl sites for hydroxylation is 1. The highest BCUT2D eigenvalue weighted by Gasteiger charge is 1.96. The van der Waals surface area contributed by atoms with Crippen molar-refractivity contribution in [1.82, 2.24) is 4.57 Å². The maximum absolute atomic E-state index is 10.9. The van der Waals surface area contributed by atoms with Gasteiger partial charge in [0.05, 0.1) is 0 Å². The molecule has 0 aliphatic rings. The van der Waals surface area contributed by atoms with E-state index < -0.39 is 0 Å². The third-order valence-electron chi connectivity index (χ3n) is 1.38. The van der Waals surface area contributed by atoms with E-state index in [4.69, 9.17) is 5.11 Å². The van der Waals surface area contributed by atoms with E-state index >= 15 is 0 Å². The van der Waals surface area contributed by atoms with Gasteiger partial charge in [0.2, 0.25) is 0 Å². The Hall–Kier alpha value is -1.25. The summed E-state index contributed by atoms with van der Waals surface area (Å²) < 4.78 is 1.19. The molecule has 1 N–H and O–H groups in total. The number of pyridine rings is 1. The van der Waals surface area contributed by atoms with E-state index in [2.05, 4.69) is 0 Å².